The van der Waals surface area contributed by atoms with Crippen molar-refractivity contribution < 1.29 is 0 Å². The molecule has 0 bridgehead atoms. The summed E-state index contributed by atoms with van der Waals surface area (Å²) >= 11 is 0. The van der Waals surface area contributed by atoms with Crippen LogP contribution in [0.3, 0.4) is 0 Å². The highest BCUT2D eigenvalue weighted by Crippen LogP contribution is 2.26. The molecule has 2 aromatic carbocycles. The van der Waals surface area contributed by atoms with Gasteiger partial charge in [0.15, 0.2) is 0 Å². The molecule has 0 N–H and O–H groups in total. The summed E-state index contributed by atoms with van der Waals surface area (Å²) in [7, 11) is 0. The summed E-state index contributed by atoms with van der Waals surface area (Å²) in [6.45, 7) is 11.9. The van der Waals surface area contributed by atoms with Gasteiger partial charge < -0.3 is 0 Å². The van der Waals surface area contributed by atoms with Crippen LogP contribution in [0.5, 0.6) is 0 Å². The van der Waals surface area contributed by atoms with Crippen molar-refractivity contribution in [3.8, 4) is 0 Å². The molecular weight excluding hydrogens is 240 g/mol. The van der Waals surface area contributed by atoms with Gasteiger partial charge in [-0.15, -0.1) is 0 Å². The quantitative estimate of drug-likeness (QED) is 0.598. The molecule has 0 atom stereocenters. The maximum absolute atomic E-state index is 3.78. The van der Waals surface area contributed by atoms with E-state index in [1.165, 1.54) is 22.3 Å². The maximum atomic E-state index is 3.78. The average Bonchev–Trinajstić information content (AvgIpc) is 2.53. The Morgan fingerprint density at radius 1 is 0.650 bits per heavy atom. The SMILES string of the molecule is C=Cc1ccc(/C(C)=C(/C)c2ccc(C=C)cc2)cc1. The Kier molecular flexibility index (Phi) is 4.37. The van der Waals surface area contributed by atoms with Crippen LogP contribution in [0, 0.1) is 0 Å². The van der Waals surface area contributed by atoms with E-state index in [4.69, 9.17) is 0 Å². The van der Waals surface area contributed by atoms with Crippen LogP contribution < -0.4 is 0 Å². The molecule has 0 aromatic heterocycles. The number of allylic oxidation sites excluding steroid dienone is 2. The van der Waals surface area contributed by atoms with Crippen LogP contribution in [0.4, 0.5) is 0 Å². The molecule has 0 saturated carbocycles. The zero-order chi connectivity index (χ0) is 14.5. The van der Waals surface area contributed by atoms with Crippen molar-refractivity contribution >= 4 is 23.3 Å². The number of hydrogen-bond acceptors (Lipinski definition) is 0. The van der Waals surface area contributed by atoms with Gasteiger partial charge in [0.05, 0.1) is 0 Å². The van der Waals surface area contributed by atoms with Crippen LogP contribution in [0.1, 0.15) is 36.1 Å². The molecule has 2 aromatic rings. The summed E-state index contributed by atoms with van der Waals surface area (Å²) in [6.07, 6.45) is 3.73. The summed E-state index contributed by atoms with van der Waals surface area (Å²) in [5.41, 5.74) is 7.39. The molecule has 0 amide bonds. The van der Waals surface area contributed by atoms with E-state index in [1.807, 2.05) is 12.2 Å². The van der Waals surface area contributed by atoms with E-state index in [2.05, 4.69) is 75.5 Å². The molecule has 0 radical (unpaired) electrons. The molecule has 0 aliphatic carbocycles. The zero-order valence-electron chi connectivity index (χ0n) is 12.2. The fourth-order valence-corrected chi connectivity index (χ4v) is 2.17. The van der Waals surface area contributed by atoms with Gasteiger partial charge in [-0.1, -0.05) is 73.8 Å². The lowest BCUT2D eigenvalue weighted by atomic mass is 9.96. The number of benzene rings is 2. The Labute approximate surface area is 121 Å². The van der Waals surface area contributed by atoms with Gasteiger partial charge in [0.1, 0.15) is 0 Å². The van der Waals surface area contributed by atoms with Gasteiger partial charge >= 0.3 is 0 Å². The standard InChI is InChI=1S/C20H20/c1-5-17-7-11-19(12-8-17)15(3)16(4)20-13-9-18(6-2)10-14-20/h5-14H,1-2H2,3-4H3/b16-15-. The molecule has 0 heteroatoms. The first kappa shape index (κ1) is 14.1. The van der Waals surface area contributed by atoms with Crippen molar-refractivity contribution in [3.63, 3.8) is 0 Å². The van der Waals surface area contributed by atoms with E-state index in [0.717, 1.165) is 11.1 Å². The molecule has 0 spiro atoms. The van der Waals surface area contributed by atoms with E-state index in [0.29, 0.717) is 0 Å². The summed E-state index contributed by atoms with van der Waals surface area (Å²) in [4.78, 5) is 0. The van der Waals surface area contributed by atoms with Crippen molar-refractivity contribution in [1.82, 2.24) is 0 Å². The normalized spacial score (nSPS) is 11.7. The average molecular weight is 260 g/mol. The first-order valence-corrected chi connectivity index (χ1v) is 6.79. The van der Waals surface area contributed by atoms with Crippen molar-refractivity contribution in [1.29, 1.82) is 0 Å². The summed E-state index contributed by atoms with van der Waals surface area (Å²) < 4.78 is 0. The minimum Gasteiger partial charge on any atom is -0.0985 e. The molecule has 0 aliphatic heterocycles. The highest BCUT2D eigenvalue weighted by Gasteiger charge is 2.03. The van der Waals surface area contributed by atoms with Gasteiger partial charge in [0, 0.05) is 0 Å². The fourth-order valence-electron chi connectivity index (χ4n) is 2.17. The minimum atomic E-state index is 1.15. The Morgan fingerprint density at radius 2 is 0.950 bits per heavy atom. The molecule has 0 heterocycles. The molecule has 0 unspecified atom stereocenters. The number of rotatable bonds is 4. The van der Waals surface area contributed by atoms with Gasteiger partial charge in [-0.25, -0.2) is 0 Å². The highest BCUT2D eigenvalue weighted by molar-refractivity contribution is 5.89. The number of hydrogen-bond donors (Lipinski definition) is 0. The first-order chi connectivity index (χ1) is 9.65. The van der Waals surface area contributed by atoms with Gasteiger partial charge in [-0.2, -0.15) is 0 Å². The third kappa shape index (κ3) is 2.97. The predicted molar refractivity (Wildman–Crippen MR) is 91.2 cm³/mol. The van der Waals surface area contributed by atoms with Crippen molar-refractivity contribution in [2.75, 3.05) is 0 Å². The molecule has 100 valence electrons. The monoisotopic (exact) mass is 260 g/mol. The Balaban J connectivity index is 2.37. The smallest absolute Gasteiger partial charge is 0.0224 e. The first-order valence-electron chi connectivity index (χ1n) is 6.79. The van der Waals surface area contributed by atoms with Gasteiger partial charge in [-0.05, 0) is 47.2 Å². The summed E-state index contributed by atoms with van der Waals surface area (Å²) in [6, 6.07) is 17.0. The van der Waals surface area contributed by atoms with Crippen LogP contribution in [0.2, 0.25) is 0 Å². The molecular formula is C20H20. The van der Waals surface area contributed by atoms with Crippen LogP contribution in [-0.2, 0) is 0 Å². The topological polar surface area (TPSA) is 0 Å². The highest BCUT2D eigenvalue weighted by atomic mass is 14.1. The third-order valence-corrected chi connectivity index (χ3v) is 3.72. The predicted octanol–water partition coefficient (Wildman–Crippen LogP) is 5.92. The zero-order valence-corrected chi connectivity index (χ0v) is 12.2. The van der Waals surface area contributed by atoms with Gasteiger partial charge in [0.25, 0.3) is 0 Å². The maximum Gasteiger partial charge on any atom is -0.0224 e. The van der Waals surface area contributed by atoms with E-state index in [1.54, 1.807) is 0 Å². The van der Waals surface area contributed by atoms with Gasteiger partial charge in [-0.3, -0.25) is 0 Å². The van der Waals surface area contributed by atoms with Crippen molar-refractivity contribution in [3.05, 3.63) is 83.9 Å². The third-order valence-electron chi connectivity index (χ3n) is 3.72. The second-order valence-corrected chi connectivity index (χ2v) is 4.90. The Bertz CT molecular complexity index is 578. The lowest BCUT2D eigenvalue weighted by molar-refractivity contribution is 1.50. The van der Waals surface area contributed by atoms with Crippen LogP contribution >= 0.6 is 0 Å². The second-order valence-electron chi connectivity index (χ2n) is 4.90. The molecule has 20 heavy (non-hydrogen) atoms. The van der Waals surface area contributed by atoms with Crippen LogP contribution in [0.25, 0.3) is 23.3 Å². The Hall–Kier alpha value is -2.34. The van der Waals surface area contributed by atoms with Crippen LogP contribution in [0.15, 0.2) is 61.7 Å². The van der Waals surface area contributed by atoms with Crippen LogP contribution in [-0.4, -0.2) is 0 Å². The van der Waals surface area contributed by atoms with E-state index >= 15 is 0 Å². The molecule has 0 nitrogen and oxygen atoms in total. The molecule has 0 saturated heterocycles. The van der Waals surface area contributed by atoms with E-state index in [9.17, 15) is 0 Å². The van der Waals surface area contributed by atoms with E-state index < -0.39 is 0 Å². The largest absolute Gasteiger partial charge is 0.0985 e. The lowest BCUT2D eigenvalue weighted by Gasteiger charge is -2.09. The molecule has 0 aliphatic rings. The Morgan fingerprint density at radius 3 is 1.20 bits per heavy atom. The van der Waals surface area contributed by atoms with Gasteiger partial charge in [0.2, 0.25) is 0 Å². The minimum absolute atomic E-state index is 1.15. The second kappa shape index (κ2) is 6.21. The fraction of sp³-hybridized carbons (Fsp3) is 0.100. The van der Waals surface area contributed by atoms with Crippen molar-refractivity contribution in [2.45, 2.75) is 13.8 Å². The lowest BCUT2D eigenvalue weighted by Crippen LogP contribution is -1.87. The summed E-state index contributed by atoms with van der Waals surface area (Å²) in [5, 5.41) is 0. The van der Waals surface area contributed by atoms with Crippen molar-refractivity contribution in [2.24, 2.45) is 0 Å². The molecule has 0 fully saturated rings. The van der Waals surface area contributed by atoms with E-state index in [-0.39, 0.29) is 0 Å². The molecule has 2 rings (SSSR count). The summed E-state index contributed by atoms with van der Waals surface area (Å²) in [5.74, 6) is 0.